The summed E-state index contributed by atoms with van der Waals surface area (Å²) < 4.78 is 0. The summed E-state index contributed by atoms with van der Waals surface area (Å²) in [5.74, 6) is 0.204. The van der Waals surface area contributed by atoms with Gasteiger partial charge in [0.2, 0.25) is 5.91 Å². The molecular formula is C12H20KN3O2. The van der Waals surface area contributed by atoms with Crippen LogP contribution in [0.3, 0.4) is 0 Å². The number of carbonyl (C=O) groups is 1. The van der Waals surface area contributed by atoms with Gasteiger partial charge in [-0.15, -0.1) is 5.60 Å². The van der Waals surface area contributed by atoms with Crippen LogP contribution in [0, 0.1) is 0 Å². The molecule has 1 N–H and O–H groups in total. The van der Waals surface area contributed by atoms with Crippen LogP contribution in [-0.2, 0) is 4.79 Å². The van der Waals surface area contributed by atoms with E-state index in [-0.39, 0.29) is 57.3 Å². The minimum Gasteiger partial charge on any atom is -0.850 e. The molecule has 1 aliphatic heterocycles. The van der Waals surface area contributed by atoms with Gasteiger partial charge in [0.25, 0.3) is 0 Å². The summed E-state index contributed by atoms with van der Waals surface area (Å²) in [6.07, 6.45) is 6.64. The maximum atomic E-state index is 10.1. The predicted molar refractivity (Wildman–Crippen MR) is 64.0 cm³/mol. The number of hydrogen-bond donors (Lipinski definition) is 1. The van der Waals surface area contributed by atoms with Gasteiger partial charge in [-0.1, -0.05) is 20.8 Å². The van der Waals surface area contributed by atoms with E-state index in [1.54, 1.807) is 39.2 Å². The van der Waals surface area contributed by atoms with Crippen molar-refractivity contribution in [1.82, 2.24) is 15.3 Å². The molecule has 18 heavy (non-hydrogen) atoms. The van der Waals surface area contributed by atoms with E-state index in [2.05, 4.69) is 15.3 Å². The second kappa shape index (κ2) is 12.2. The molecule has 1 aromatic heterocycles. The Labute approximate surface area is 151 Å². The van der Waals surface area contributed by atoms with E-state index in [1.165, 1.54) is 6.33 Å². The summed E-state index contributed by atoms with van der Waals surface area (Å²) in [5, 5.41) is 12.8. The van der Waals surface area contributed by atoms with E-state index in [1.807, 2.05) is 0 Å². The zero-order chi connectivity index (χ0) is 13.1. The third-order valence-electron chi connectivity index (χ3n) is 1.38. The zero-order valence-electron chi connectivity index (χ0n) is 11.6. The smallest absolute Gasteiger partial charge is 0.850 e. The molecule has 1 fully saturated rings. The maximum absolute atomic E-state index is 10.1. The Bertz CT molecular complexity index is 261. The number of carbonyl (C=O) groups excluding carboxylic acids is 1. The molecule has 0 bridgehead atoms. The standard InChI is InChI=1S/C4H4N2.C4H7NO.C4H9O.K/c1-2-5-4-6-3-1;6-4-2-1-3-5-4;1-4(2,3)5;/h1-4H;1-3H2,(H,5,6);1-3H3;/q;;-1;+1. The van der Waals surface area contributed by atoms with Gasteiger partial charge in [-0.3, -0.25) is 4.79 Å². The van der Waals surface area contributed by atoms with Crippen LogP contribution in [0.15, 0.2) is 24.8 Å². The molecule has 5 nitrogen and oxygen atoms in total. The molecule has 0 aromatic carbocycles. The van der Waals surface area contributed by atoms with Crippen LogP contribution in [0.2, 0.25) is 0 Å². The average molecular weight is 277 g/mol. The number of nitrogens with zero attached hydrogens (tertiary/aromatic N) is 2. The van der Waals surface area contributed by atoms with Crippen LogP contribution in [0.1, 0.15) is 33.6 Å². The maximum Gasteiger partial charge on any atom is 1.00 e. The van der Waals surface area contributed by atoms with E-state index in [4.69, 9.17) is 0 Å². The van der Waals surface area contributed by atoms with Crippen molar-refractivity contribution < 1.29 is 61.3 Å². The Morgan fingerprint density at radius 2 is 1.78 bits per heavy atom. The van der Waals surface area contributed by atoms with Gasteiger partial charge in [0.1, 0.15) is 6.33 Å². The van der Waals surface area contributed by atoms with Crippen LogP contribution in [0.4, 0.5) is 0 Å². The molecule has 1 aliphatic rings. The first-order valence-electron chi connectivity index (χ1n) is 5.56. The van der Waals surface area contributed by atoms with E-state index >= 15 is 0 Å². The molecule has 1 amide bonds. The summed E-state index contributed by atoms with van der Waals surface area (Å²) in [5.41, 5.74) is -0.750. The summed E-state index contributed by atoms with van der Waals surface area (Å²) in [7, 11) is 0. The van der Waals surface area contributed by atoms with Crippen LogP contribution in [0.25, 0.3) is 0 Å². The molecule has 0 saturated carbocycles. The topological polar surface area (TPSA) is 77.9 Å². The van der Waals surface area contributed by atoms with Crippen molar-refractivity contribution in [3.63, 3.8) is 0 Å². The molecule has 0 atom stereocenters. The average Bonchev–Trinajstić information content (AvgIpc) is 2.70. The van der Waals surface area contributed by atoms with Gasteiger partial charge in [0.15, 0.2) is 0 Å². The minimum absolute atomic E-state index is 0. The fourth-order valence-corrected chi connectivity index (χ4v) is 0.818. The fourth-order valence-electron chi connectivity index (χ4n) is 0.818. The van der Waals surface area contributed by atoms with E-state index < -0.39 is 5.60 Å². The summed E-state index contributed by atoms with van der Waals surface area (Å²) in [6.45, 7) is 5.78. The normalized spacial score (nSPS) is 13.0. The number of aromatic nitrogens is 2. The fraction of sp³-hybridized carbons (Fsp3) is 0.583. The molecule has 2 rings (SSSR count). The van der Waals surface area contributed by atoms with Crippen LogP contribution in [-0.4, -0.2) is 28.0 Å². The van der Waals surface area contributed by atoms with Crippen LogP contribution < -0.4 is 61.8 Å². The quantitative estimate of drug-likeness (QED) is 0.533. The number of hydrogen-bond acceptors (Lipinski definition) is 4. The van der Waals surface area contributed by atoms with Crippen LogP contribution in [0.5, 0.6) is 0 Å². The molecule has 0 radical (unpaired) electrons. The molecule has 2 heterocycles. The summed E-state index contributed by atoms with van der Waals surface area (Å²) in [6, 6.07) is 1.78. The van der Waals surface area contributed by atoms with E-state index in [0.29, 0.717) is 0 Å². The number of nitrogens with one attached hydrogen (secondary N) is 1. The first kappa shape index (κ1) is 20.5. The van der Waals surface area contributed by atoms with E-state index in [9.17, 15) is 9.90 Å². The summed E-state index contributed by atoms with van der Waals surface area (Å²) in [4.78, 5) is 17.5. The zero-order valence-corrected chi connectivity index (χ0v) is 14.8. The van der Waals surface area contributed by atoms with Crippen molar-refractivity contribution in [1.29, 1.82) is 0 Å². The Hall–Kier alpha value is 0.146. The molecule has 0 unspecified atom stereocenters. The number of rotatable bonds is 0. The van der Waals surface area contributed by atoms with Gasteiger partial charge in [-0.25, -0.2) is 9.97 Å². The molecule has 1 saturated heterocycles. The van der Waals surface area contributed by atoms with Crippen molar-refractivity contribution >= 4 is 5.91 Å². The van der Waals surface area contributed by atoms with Gasteiger partial charge in [0.05, 0.1) is 0 Å². The van der Waals surface area contributed by atoms with Crippen molar-refractivity contribution in [2.24, 2.45) is 0 Å². The Balaban J connectivity index is 0. The minimum atomic E-state index is -0.750. The molecule has 0 aliphatic carbocycles. The van der Waals surface area contributed by atoms with E-state index in [0.717, 1.165) is 19.4 Å². The molecular weight excluding hydrogens is 257 g/mol. The van der Waals surface area contributed by atoms with Crippen molar-refractivity contribution in [2.75, 3.05) is 6.54 Å². The Morgan fingerprint density at radius 3 is 1.89 bits per heavy atom. The predicted octanol–water partition coefficient (Wildman–Crippen LogP) is -2.48. The molecule has 0 spiro atoms. The first-order valence-corrected chi connectivity index (χ1v) is 5.56. The van der Waals surface area contributed by atoms with Crippen molar-refractivity contribution in [3.8, 4) is 0 Å². The molecule has 6 heteroatoms. The van der Waals surface area contributed by atoms with Gasteiger partial charge < -0.3 is 10.4 Å². The SMILES string of the molecule is CC(C)(C)[O-].O=C1CCCN1.[K+].c1cncnc1. The van der Waals surface area contributed by atoms with Gasteiger partial charge in [-0.05, 0) is 12.5 Å². The van der Waals surface area contributed by atoms with Crippen molar-refractivity contribution in [2.45, 2.75) is 39.2 Å². The summed E-state index contributed by atoms with van der Waals surface area (Å²) >= 11 is 0. The molecule has 1 aromatic rings. The first-order chi connectivity index (χ1) is 7.89. The second-order valence-corrected chi connectivity index (χ2v) is 4.47. The van der Waals surface area contributed by atoms with Gasteiger partial charge in [0, 0.05) is 25.4 Å². The van der Waals surface area contributed by atoms with Crippen molar-refractivity contribution in [3.05, 3.63) is 24.8 Å². The monoisotopic (exact) mass is 277 g/mol. The Kier molecular flexibility index (Phi) is 13.9. The second-order valence-electron chi connectivity index (χ2n) is 4.47. The molecule has 96 valence electrons. The number of amides is 1. The van der Waals surface area contributed by atoms with Gasteiger partial charge >= 0.3 is 51.4 Å². The van der Waals surface area contributed by atoms with Gasteiger partial charge in [-0.2, -0.15) is 0 Å². The largest absolute Gasteiger partial charge is 1.00 e. The van der Waals surface area contributed by atoms with Crippen LogP contribution >= 0.6 is 0 Å². The third kappa shape index (κ3) is 21.4. The third-order valence-corrected chi connectivity index (χ3v) is 1.38. The Morgan fingerprint density at radius 1 is 1.28 bits per heavy atom.